The van der Waals surface area contributed by atoms with E-state index in [0.717, 1.165) is 18.0 Å². The molecule has 1 heteroatoms. The fourth-order valence-corrected chi connectivity index (χ4v) is 2.76. The normalized spacial score (nSPS) is 27.9. The standard InChI is InChI=1S/C12H23N/c1-10(13(2)12-8-9-12)11-6-4-3-5-7-11/h10-12H,3-9H2,1-2H3. The predicted octanol–water partition coefficient (Wildman–Crippen LogP) is 3.05. The summed E-state index contributed by atoms with van der Waals surface area (Å²) in [5.74, 6) is 0.999. The van der Waals surface area contributed by atoms with Gasteiger partial charge in [0.05, 0.1) is 0 Å². The van der Waals surface area contributed by atoms with E-state index in [4.69, 9.17) is 0 Å². The molecule has 1 nitrogen and oxygen atoms in total. The topological polar surface area (TPSA) is 3.24 Å². The zero-order valence-corrected chi connectivity index (χ0v) is 9.13. The Morgan fingerprint density at radius 1 is 1.00 bits per heavy atom. The van der Waals surface area contributed by atoms with Crippen LogP contribution in [0, 0.1) is 5.92 Å². The maximum absolute atomic E-state index is 2.63. The van der Waals surface area contributed by atoms with Crippen LogP contribution in [0.5, 0.6) is 0 Å². The molecular formula is C12H23N. The van der Waals surface area contributed by atoms with Crippen molar-refractivity contribution in [2.45, 2.75) is 64.0 Å². The minimum Gasteiger partial charge on any atom is -0.300 e. The molecule has 1 unspecified atom stereocenters. The molecule has 0 aliphatic heterocycles. The summed E-state index contributed by atoms with van der Waals surface area (Å²) >= 11 is 0. The van der Waals surface area contributed by atoms with Gasteiger partial charge in [-0.15, -0.1) is 0 Å². The molecule has 0 spiro atoms. The Kier molecular flexibility index (Phi) is 2.92. The van der Waals surface area contributed by atoms with E-state index in [9.17, 15) is 0 Å². The summed E-state index contributed by atoms with van der Waals surface area (Å²) in [7, 11) is 2.33. The van der Waals surface area contributed by atoms with E-state index in [1.807, 2.05) is 0 Å². The van der Waals surface area contributed by atoms with Crippen molar-refractivity contribution in [3.05, 3.63) is 0 Å². The fourth-order valence-electron chi connectivity index (χ4n) is 2.76. The van der Waals surface area contributed by atoms with Gasteiger partial charge >= 0.3 is 0 Å². The van der Waals surface area contributed by atoms with E-state index in [2.05, 4.69) is 18.9 Å². The van der Waals surface area contributed by atoms with Crippen LogP contribution in [0.25, 0.3) is 0 Å². The third-order valence-corrected chi connectivity index (χ3v) is 4.10. The molecule has 0 N–H and O–H groups in total. The molecule has 2 fully saturated rings. The second-order valence-electron chi connectivity index (χ2n) is 5.04. The first-order chi connectivity index (χ1) is 6.29. The lowest BCUT2D eigenvalue weighted by Gasteiger charge is -2.34. The molecule has 0 aromatic rings. The van der Waals surface area contributed by atoms with Crippen LogP contribution in [-0.2, 0) is 0 Å². The lowest BCUT2D eigenvalue weighted by atomic mass is 9.84. The SMILES string of the molecule is CC(C1CCCCC1)N(C)C1CC1. The van der Waals surface area contributed by atoms with E-state index in [0.29, 0.717) is 0 Å². The van der Waals surface area contributed by atoms with Crippen LogP contribution in [0.2, 0.25) is 0 Å². The summed E-state index contributed by atoms with van der Waals surface area (Å²) < 4.78 is 0. The van der Waals surface area contributed by atoms with Gasteiger partial charge in [0.15, 0.2) is 0 Å². The van der Waals surface area contributed by atoms with Gasteiger partial charge in [0.1, 0.15) is 0 Å². The van der Waals surface area contributed by atoms with Crippen molar-refractivity contribution in [1.82, 2.24) is 4.90 Å². The summed E-state index contributed by atoms with van der Waals surface area (Å²) in [4.78, 5) is 2.63. The molecule has 0 saturated heterocycles. The van der Waals surface area contributed by atoms with Crippen LogP contribution in [-0.4, -0.2) is 24.0 Å². The summed E-state index contributed by atoms with van der Waals surface area (Å²) in [6, 6.07) is 1.78. The van der Waals surface area contributed by atoms with Crippen molar-refractivity contribution in [3.63, 3.8) is 0 Å². The van der Waals surface area contributed by atoms with Crippen LogP contribution in [0.4, 0.5) is 0 Å². The van der Waals surface area contributed by atoms with Crippen LogP contribution in [0.15, 0.2) is 0 Å². The predicted molar refractivity (Wildman–Crippen MR) is 56.8 cm³/mol. The monoisotopic (exact) mass is 181 g/mol. The molecule has 2 saturated carbocycles. The minimum absolute atomic E-state index is 0.841. The Labute approximate surface area is 82.5 Å². The van der Waals surface area contributed by atoms with Gasteiger partial charge in [-0.1, -0.05) is 19.3 Å². The number of hydrogen-bond donors (Lipinski definition) is 0. The molecule has 2 rings (SSSR count). The van der Waals surface area contributed by atoms with E-state index >= 15 is 0 Å². The molecule has 1 atom stereocenters. The molecule has 0 bridgehead atoms. The summed E-state index contributed by atoms with van der Waals surface area (Å²) in [5.41, 5.74) is 0. The Morgan fingerprint density at radius 3 is 2.15 bits per heavy atom. The molecule has 0 aromatic carbocycles. The first kappa shape index (κ1) is 9.51. The lowest BCUT2D eigenvalue weighted by Crippen LogP contribution is -2.37. The maximum atomic E-state index is 2.63. The molecule has 13 heavy (non-hydrogen) atoms. The van der Waals surface area contributed by atoms with Crippen LogP contribution in [0.1, 0.15) is 51.9 Å². The highest BCUT2D eigenvalue weighted by atomic mass is 15.2. The van der Waals surface area contributed by atoms with Gasteiger partial charge in [-0.25, -0.2) is 0 Å². The minimum atomic E-state index is 0.841. The fraction of sp³-hybridized carbons (Fsp3) is 1.00. The molecule has 0 amide bonds. The van der Waals surface area contributed by atoms with Crippen molar-refractivity contribution in [2.75, 3.05) is 7.05 Å². The van der Waals surface area contributed by atoms with Gasteiger partial charge in [0.25, 0.3) is 0 Å². The van der Waals surface area contributed by atoms with Crippen molar-refractivity contribution in [2.24, 2.45) is 5.92 Å². The number of hydrogen-bond acceptors (Lipinski definition) is 1. The van der Waals surface area contributed by atoms with Crippen molar-refractivity contribution in [3.8, 4) is 0 Å². The van der Waals surface area contributed by atoms with E-state index in [1.165, 1.54) is 44.9 Å². The lowest BCUT2D eigenvalue weighted by molar-refractivity contribution is 0.151. The van der Waals surface area contributed by atoms with Gasteiger partial charge in [-0.05, 0) is 45.6 Å². The zero-order valence-electron chi connectivity index (χ0n) is 9.13. The number of rotatable bonds is 3. The summed E-state index contributed by atoms with van der Waals surface area (Å²) in [6.07, 6.45) is 10.3. The summed E-state index contributed by atoms with van der Waals surface area (Å²) in [6.45, 7) is 2.44. The maximum Gasteiger partial charge on any atom is 0.00963 e. The molecular weight excluding hydrogens is 158 g/mol. The van der Waals surface area contributed by atoms with Gasteiger partial charge < -0.3 is 4.90 Å². The van der Waals surface area contributed by atoms with Crippen LogP contribution >= 0.6 is 0 Å². The second kappa shape index (κ2) is 4.00. The Bertz CT molecular complexity index is 157. The highest BCUT2D eigenvalue weighted by molar-refractivity contribution is 4.88. The largest absolute Gasteiger partial charge is 0.300 e. The Morgan fingerprint density at radius 2 is 1.62 bits per heavy atom. The van der Waals surface area contributed by atoms with Crippen LogP contribution in [0.3, 0.4) is 0 Å². The van der Waals surface area contributed by atoms with E-state index in [1.54, 1.807) is 0 Å². The third-order valence-electron chi connectivity index (χ3n) is 4.10. The first-order valence-corrected chi connectivity index (χ1v) is 6.01. The average molecular weight is 181 g/mol. The molecule has 2 aliphatic rings. The highest BCUT2D eigenvalue weighted by Gasteiger charge is 2.32. The number of nitrogens with zero attached hydrogens (tertiary/aromatic N) is 1. The quantitative estimate of drug-likeness (QED) is 0.647. The molecule has 0 aromatic heterocycles. The highest BCUT2D eigenvalue weighted by Crippen LogP contribution is 2.33. The smallest absolute Gasteiger partial charge is 0.00963 e. The zero-order chi connectivity index (χ0) is 9.26. The van der Waals surface area contributed by atoms with Crippen molar-refractivity contribution in [1.29, 1.82) is 0 Å². The molecule has 0 heterocycles. The Hall–Kier alpha value is -0.0400. The van der Waals surface area contributed by atoms with Crippen LogP contribution < -0.4 is 0 Å². The summed E-state index contributed by atoms with van der Waals surface area (Å²) in [5, 5.41) is 0. The van der Waals surface area contributed by atoms with Crippen molar-refractivity contribution >= 4 is 0 Å². The molecule has 2 aliphatic carbocycles. The van der Waals surface area contributed by atoms with Gasteiger partial charge in [0, 0.05) is 12.1 Å². The third kappa shape index (κ3) is 2.25. The Balaban J connectivity index is 1.82. The van der Waals surface area contributed by atoms with Crippen molar-refractivity contribution < 1.29 is 0 Å². The van der Waals surface area contributed by atoms with Gasteiger partial charge in [-0.2, -0.15) is 0 Å². The van der Waals surface area contributed by atoms with E-state index < -0.39 is 0 Å². The second-order valence-corrected chi connectivity index (χ2v) is 5.04. The molecule has 76 valence electrons. The van der Waals surface area contributed by atoms with Gasteiger partial charge in [-0.3, -0.25) is 0 Å². The first-order valence-electron chi connectivity index (χ1n) is 6.01. The molecule has 0 radical (unpaired) electrons. The average Bonchev–Trinajstić information content (AvgIpc) is 3.00. The van der Waals surface area contributed by atoms with E-state index in [-0.39, 0.29) is 0 Å². The van der Waals surface area contributed by atoms with Gasteiger partial charge in [0.2, 0.25) is 0 Å².